The third-order valence-corrected chi connectivity index (χ3v) is 6.41. The van der Waals surface area contributed by atoms with Crippen molar-refractivity contribution in [1.82, 2.24) is 14.8 Å². The molecule has 0 saturated carbocycles. The van der Waals surface area contributed by atoms with Crippen LogP contribution in [-0.2, 0) is 9.84 Å². The van der Waals surface area contributed by atoms with Crippen molar-refractivity contribution in [2.24, 2.45) is 0 Å². The molecule has 130 valence electrons. The van der Waals surface area contributed by atoms with E-state index in [2.05, 4.69) is 4.98 Å². The first-order chi connectivity index (χ1) is 11.4. The Morgan fingerprint density at radius 1 is 1.21 bits per heavy atom. The molecule has 3 heterocycles. The summed E-state index contributed by atoms with van der Waals surface area (Å²) in [5.41, 5.74) is 0.432. The molecule has 24 heavy (non-hydrogen) atoms. The van der Waals surface area contributed by atoms with Crippen LogP contribution in [0.5, 0.6) is 0 Å². The van der Waals surface area contributed by atoms with E-state index in [1.165, 1.54) is 4.90 Å². The number of sulfone groups is 1. The number of aromatic nitrogens is 1. The minimum absolute atomic E-state index is 0.0123. The highest BCUT2D eigenvalue weighted by Crippen LogP contribution is 2.18. The summed E-state index contributed by atoms with van der Waals surface area (Å²) in [6.45, 7) is 1.44. The Morgan fingerprint density at radius 2 is 1.88 bits per heavy atom. The van der Waals surface area contributed by atoms with E-state index in [4.69, 9.17) is 0 Å². The van der Waals surface area contributed by atoms with Gasteiger partial charge in [-0.3, -0.25) is 9.59 Å². The normalized spacial score (nSPS) is 22.5. The molecule has 0 aliphatic carbocycles. The molecule has 0 radical (unpaired) electrons. The summed E-state index contributed by atoms with van der Waals surface area (Å²) < 4.78 is 23.2. The van der Waals surface area contributed by atoms with Gasteiger partial charge in [0.05, 0.1) is 11.5 Å². The van der Waals surface area contributed by atoms with E-state index >= 15 is 0 Å². The molecular weight excluding hydrogens is 330 g/mol. The fourth-order valence-corrected chi connectivity index (χ4v) is 4.96. The quantitative estimate of drug-likeness (QED) is 0.795. The molecule has 0 bridgehead atoms. The molecule has 0 aromatic carbocycles. The van der Waals surface area contributed by atoms with Gasteiger partial charge in [-0.15, -0.1) is 0 Å². The highest BCUT2D eigenvalue weighted by atomic mass is 32.2. The molecule has 2 saturated heterocycles. The van der Waals surface area contributed by atoms with Crippen molar-refractivity contribution in [2.75, 3.05) is 31.6 Å². The number of hydrogen-bond acceptors (Lipinski definition) is 5. The largest absolute Gasteiger partial charge is 0.337 e. The molecule has 0 N–H and O–H groups in total. The summed E-state index contributed by atoms with van der Waals surface area (Å²) in [5.74, 6) is -0.417. The van der Waals surface area contributed by atoms with Crippen LogP contribution in [0.25, 0.3) is 0 Å². The molecule has 1 atom stereocenters. The Kier molecular flexibility index (Phi) is 4.58. The van der Waals surface area contributed by atoms with Crippen molar-refractivity contribution < 1.29 is 18.0 Å². The Balaban J connectivity index is 1.75. The topological polar surface area (TPSA) is 87.7 Å². The lowest BCUT2D eigenvalue weighted by Crippen LogP contribution is -2.38. The smallest absolute Gasteiger partial charge is 0.272 e. The van der Waals surface area contributed by atoms with Gasteiger partial charge in [0, 0.05) is 26.2 Å². The van der Waals surface area contributed by atoms with E-state index in [1.807, 2.05) is 0 Å². The Labute approximate surface area is 141 Å². The average Bonchev–Trinajstić information content (AvgIpc) is 3.22. The monoisotopic (exact) mass is 351 g/mol. The van der Waals surface area contributed by atoms with Crippen LogP contribution in [0, 0.1) is 0 Å². The van der Waals surface area contributed by atoms with Crippen molar-refractivity contribution in [3.63, 3.8) is 0 Å². The SMILES string of the molecule is CN(C(=O)c1cccc(C(=O)N2CCCC2)n1)C1CCS(=O)(=O)C1. The third kappa shape index (κ3) is 3.43. The van der Waals surface area contributed by atoms with Crippen LogP contribution in [0.2, 0.25) is 0 Å². The van der Waals surface area contributed by atoms with Gasteiger partial charge in [-0.25, -0.2) is 13.4 Å². The lowest BCUT2D eigenvalue weighted by atomic mass is 10.2. The predicted molar refractivity (Wildman–Crippen MR) is 88.5 cm³/mol. The first-order valence-electron chi connectivity index (χ1n) is 8.11. The van der Waals surface area contributed by atoms with Crippen LogP contribution in [0.3, 0.4) is 0 Å². The first kappa shape index (κ1) is 16.9. The van der Waals surface area contributed by atoms with Gasteiger partial charge >= 0.3 is 0 Å². The van der Waals surface area contributed by atoms with Crippen LogP contribution in [0.15, 0.2) is 18.2 Å². The zero-order valence-electron chi connectivity index (χ0n) is 13.6. The van der Waals surface area contributed by atoms with Gasteiger partial charge in [0.15, 0.2) is 9.84 Å². The number of amides is 2. The molecule has 2 aliphatic heterocycles. The van der Waals surface area contributed by atoms with Gasteiger partial charge in [0.25, 0.3) is 11.8 Å². The summed E-state index contributed by atoms with van der Waals surface area (Å²) in [7, 11) is -1.48. The van der Waals surface area contributed by atoms with E-state index in [0.717, 1.165) is 25.9 Å². The number of nitrogens with zero attached hydrogens (tertiary/aromatic N) is 3. The van der Waals surface area contributed by atoms with Gasteiger partial charge in [-0.05, 0) is 31.4 Å². The highest BCUT2D eigenvalue weighted by Gasteiger charge is 2.33. The van der Waals surface area contributed by atoms with E-state index < -0.39 is 9.84 Å². The van der Waals surface area contributed by atoms with Gasteiger partial charge in [-0.1, -0.05) is 6.07 Å². The van der Waals surface area contributed by atoms with Gasteiger partial charge in [0.1, 0.15) is 11.4 Å². The summed E-state index contributed by atoms with van der Waals surface area (Å²) >= 11 is 0. The minimum Gasteiger partial charge on any atom is -0.337 e. The number of rotatable bonds is 3. The lowest BCUT2D eigenvalue weighted by Gasteiger charge is -2.23. The van der Waals surface area contributed by atoms with E-state index in [1.54, 1.807) is 30.1 Å². The predicted octanol–water partition coefficient (Wildman–Crippen LogP) is 0.577. The number of likely N-dealkylation sites (tertiary alicyclic amines) is 1. The van der Waals surface area contributed by atoms with Crippen molar-refractivity contribution >= 4 is 21.7 Å². The lowest BCUT2D eigenvalue weighted by molar-refractivity contribution is 0.0740. The highest BCUT2D eigenvalue weighted by molar-refractivity contribution is 7.91. The number of hydrogen-bond donors (Lipinski definition) is 0. The molecule has 1 unspecified atom stereocenters. The summed E-state index contributed by atoms with van der Waals surface area (Å²) in [6.07, 6.45) is 2.42. The third-order valence-electron chi connectivity index (χ3n) is 4.66. The fraction of sp³-hybridized carbons (Fsp3) is 0.562. The van der Waals surface area contributed by atoms with Crippen molar-refractivity contribution in [3.05, 3.63) is 29.6 Å². The standard InChI is InChI=1S/C16H21N3O4S/c1-18(12-7-10-24(22,23)11-12)15(20)13-5-4-6-14(17-13)16(21)19-8-2-3-9-19/h4-6,12H,2-3,7-11H2,1H3. The summed E-state index contributed by atoms with van der Waals surface area (Å²) in [4.78, 5) is 32.4. The molecule has 7 nitrogen and oxygen atoms in total. The van der Waals surface area contributed by atoms with E-state index in [-0.39, 0.29) is 40.7 Å². The second-order valence-electron chi connectivity index (χ2n) is 6.38. The number of carbonyl (C=O) groups excluding carboxylic acids is 2. The Hall–Kier alpha value is -1.96. The molecule has 1 aromatic rings. The molecule has 2 amide bonds. The zero-order valence-corrected chi connectivity index (χ0v) is 14.5. The van der Waals surface area contributed by atoms with Crippen LogP contribution in [0.1, 0.15) is 40.2 Å². The molecular formula is C16H21N3O4S. The maximum absolute atomic E-state index is 12.6. The zero-order chi connectivity index (χ0) is 17.3. The maximum atomic E-state index is 12.6. The average molecular weight is 351 g/mol. The molecule has 1 aromatic heterocycles. The molecule has 3 rings (SSSR count). The second kappa shape index (κ2) is 6.51. The fourth-order valence-electron chi connectivity index (χ4n) is 3.18. The minimum atomic E-state index is -3.06. The van der Waals surface area contributed by atoms with Crippen molar-refractivity contribution in [1.29, 1.82) is 0 Å². The van der Waals surface area contributed by atoms with Gasteiger partial charge in [0.2, 0.25) is 0 Å². The maximum Gasteiger partial charge on any atom is 0.272 e. The molecule has 2 fully saturated rings. The number of carbonyl (C=O) groups is 2. The first-order valence-corrected chi connectivity index (χ1v) is 9.93. The second-order valence-corrected chi connectivity index (χ2v) is 8.61. The Morgan fingerprint density at radius 3 is 2.50 bits per heavy atom. The van der Waals surface area contributed by atoms with Crippen LogP contribution >= 0.6 is 0 Å². The molecule has 8 heteroatoms. The Bertz CT molecular complexity index is 756. The van der Waals surface area contributed by atoms with E-state index in [9.17, 15) is 18.0 Å². The van der Waals surface area contributed by atoms with Crippen LogP contribution < -0.4 is 0 Å². The van der Waals surface area contributed by atoms with Crippen LogP contribution in [0.4, 0.5) is 0 Å². The summed E-state index contributed by atoms with van der Waals surface area (Å²) in [5, 5.41) is 0. The molecule has 0 spiro atoms. The van der Waals surface area contributed by atoms with Gasteiger partial charge < -0.3 is 9.80 Å². The number of pyridine rings is 1. The van der Waals surface area contributed by atoms with Crippen LogP contribution in [-0.4, -0.2) is 72.7 Å². The summed E-state index contributed by atoms with van der Waals surface area (Å²) in [6, 6.07) is 4.48. The van der Waals surface area contributed by atoms with Gasteiger partial charge in [-0.2, -0.15) is 0 Å². The van der Waals surface area contributed by atoms with E-state index in [0.29, 0.717) is 6.42 Å². The van der Waals surface area contributed by atoms with Crippen molar-refractivity contribution in [2.45, 2.75) is 25.3 Å². The molecule has 2 aliphatic rings. The van der Waals surface area contributed by atoms with Crippen molar-refractivity contribution in [3.8, 4) is 0 Å².